The molecule has 0 aromatic heterocycles. The number of carbonyl (C=O) groups is 1. The summed E-state index contributed by atoms with van der Waals surface area (Å²) in [7, 11) is 2.82. The molecule has 1 aromatic rings. The van der Waals surface area contributed by atoms with Crippen LogP contribution in [0, 0.1) is 0 Å². The average Bonchev–Trinajstić information content (AvgIpc) is 2.39. The van der Waals surface area contributed by atoms with Gasteiger partial charge in [-0.15, -0.1) is 0 Å². The van der Waals surface area contributed by atoms with Crippen LogP contribution in [0.15, 0.2) is 40.6 Å². The fourth-order valence-corrected chi connectivity index (χ4v) is 1.21. The number of hydrogen-bond donors (Lipinski definition) is 1. The molecule has 0 aliphatic heterocycles. The topological polar surface area (TPSA) is 68.1 Å². The Morgan fingerprint density at radius 3 is 2.33 bits per heavy atom. The molecular formula is C13H15NO4. The van der Waals surface area contributed by atoms with Gasteiger partial charge in [0.1, 0.15) is 17.1 Å². The highest BCUT2D eigenvalue weighted by Gasteiger charge is 2.10. The zero-order valence-electron chi connectivity index (χ0n) is 10.5. The van der Waals surface area contributed by atoms with Gasteiger partial charge in [0.25, 0.3) is 0 Å². The van der Waals surface area contributed by atoms with Crippen molar-refractivity contribution >= 4 is 17.9 Å². The van der Waals surface area contributed by atoms with Crippen LogP contribution in [0.2, 0.25) is 0 Å². The van der Waals surface area contributed by atoms with E-state index in [1.807, 2.05) is 0 Å². The van der Waals surface area contributed by atoms with Gasteiger partial charge in [-0.3, -0.25) is 4.99 Å². The van der Waals surface area contributed by atoms with Gasteiger partial charge in [-0.05, 0) is 31.2 Å². The molecule has 0 spiro atoms. The van der Waals surface area contributed by atoms with Crippen LogP contribution >= 0.6 is 0 Å². The molecule has 96 valence electrons. The van der Waals surface area contributed by atoms with E-state index in [1.54, 1.807) is 31.4 Å². The number of rotatable bonds is 4. The van der Waals surface area contributed by atoms with Gasteiger partial charge in [-0.1, -0.05) is 0 Å². The van der Waals surface area contributed by atoms with Crippen LogP contribution in [-0.2, 0) is 9.53 Å². The van der Waals surface area contributed by atoms with E-state index in [2.05, 4.69) is 9.73 Å². The second-order valence-corrected chi connectivity index (χ2v) is 3.45. The van der Waals surface area contributed by atoms with E-state index in [1.165, 1.54) is 20.2 Å². The predicted octanol–water partition coefficient (Wildman–Crippen LogP) is 2.40. The van der Waals surface area contributed by atoms with Crippen molar-refractivity contribution in [3.63, 3.8) is 0 Å². The van der Waals surface area contributed by atoms with Gasteiger partial charge in [0.2, 0.25) is 0 Å². The molecule has 0 atom stereocenters. The molecule has 0 saturated heterocycles. The molecule has 0 bridgehead atoms. The first-order valence-corrected chi connectivity index (χ1v) is 5.24. The fraction of sp³-hybridized carbons (Fsp3) is 0.231. The van der Waals surface area contributed by atoms with Crippen LogP contribution in [-0.4, -0.2) is 31.5 Å². The van der Waals surface area contributed by atoms with Crippen molar-refractivity contribution in [3.8, 4) is 5.75 Å². The normalized spacial score (nSPS) is 12.2. The first kappa shape index (κ1) is 13.8. The lowest BCUT2D eigenvalue weighted by Crippen LogP contribution is -2.08. The summed E-state index contributed by atoms with van der Waals surface area (Å²) in [5, 5.41) is 9.34. The second-order valence-electron chi connectivity index (χ2n) is 3.45. The maximum absolute atomic E-state index is 11.3. The molecule has 0 heterocycles. The number of aliphatic hydroxyl groups is 1. The summed E-state index contributed by atoms with van der Waals surface area (Å²) >= 11 is 0. The third-order valence-corrected chi connectivity index (χ3v) is 2.21. The van der Waals surface area contributed by atoms with Crippen LogP contribution in [0.1, 0.15) is 6.92 Å². The number of nitrogens with zero attached hydrogens (tertiary/aromatic N) is 1. The smallest absolute Gasteiger partial charge is 0.342 e. The van der Waals surface area contributed by atoms with E-state index >= 15 is 0 Å². The van der Waals surface area contributed by atoms with Crippen LogP contribution < -0.4 is 4.74 Å². The first-order chi connectivity index (χ1) is 8.58. The lowest BCUT2D eigenvalue weighted by Gasteiger charge is -2.01. The van der Waals surface area contributed by atoms with Gasteiger partial charge >= 0.3 is 5.97 Å². The van der Waals surface area contributed by atoms with Gasteiger partial charge < -0.3 is 14.6 Å². The zero-order chi connectivity index (χ0) is 13.5. The van der Waals surface area contributed by atoms with Crippen molar-refractivity contribution in [1.29, 1.82) is 0 Å². The van der Waals surface area contributed by atoms with E-state index in [9.17, 15) is 9.90 Å². The molecule has 1 N–H and O–H groups in total. The molecule has 5 nitrogen and oxygen atoms in total. The number of allylic oxidation sites excluding steroid dienone is 1. The van der Waals surface area contributed by atoms with Crippen molar-refractivity contribution in [1.82, 2.24) is 0 Å². The summed E-state index contributed by atoms with van der Waals surface area (Å²) < 4.78 is 9.54. The molecule has 5 heteroatoms. The van der Waals surface area contributed by atoms with Crippen LogP contribution in [0.25, 0.3) is 0 Å². The van der Waals surface area contributed by atoms with Gasteiger partial charge in [-0.25, -0.2) is 4.79 Å². The maximum Gasteiger partial charge on any atom is 0.342 e. The summed E-state index contributed by atoms with van der Waals surface area (Å²) in [6, 6.07) is 6.97. The van der Waals surface area contributed by atoms with Crippen molar-refractivity contribution in [3.05, 3.63) is 35.6 Å². The van der Waals surface area contributed by atoms with Crippen LogP contribution in [0.4, 0.5) is 5.69 Å². The fourth-order valence-electron chi connectivity index (χ4n) is 1.21. The SMILES string of the molecule is COC(=O)/C(C=Nc1ccc(OC)cc1)=C(/C)O. The minimum absolute atomic E-state index is 0.0216. The molecule has 0 amide bonds. The van der Waals surface area contributed by atoms with Crippen molar-refractivity contribution in [2.75, 3.05) is 14.2 Å². The number of esters is 1. The molecule has 0 fully saturated rings. The minimum Gasteiger partial charge on any atom is -0.512 e. The highest BCUT2D eigenvalue weighted by Crippen LogP contribution is 2.17. The van der Waals surface area contributed by atoms with E-state index in [0.29, 0.717) is 5.69 Å². The molecule has 0 aliphatic rings. The summed E-state index contributed by atoms with van der Waals surface area (Å²) in [4.78, 5) is 15.4. The van der Waals surface area contributed by atoms with Gasteiger partial charge in [0.15, 0.2) is 0 Å². The second kappa shape index (κ2) is 6.44. The van der Waals surface area contributed by atoms with Crippen molar-refractivity contribution < 1.29 is 19.4 Å². The Morgan fingerprint density at radius 1 is 1.28 bits per heavy atom. The van der Waals surface area contributed by atoms with Gasteiger partial charge in [0, 0.05) is 6.21 Å². The third kappa shape index (κ3) is 3.62. The third-order valence-electron chi connectivity index (χ3n) is 2.21. The number of carbonyl (C=O) groups excluding carboxylic acids is 1. The van der Waals surface area contributed by atoms with E-state index in [-0.39, 0.29) is 11.3 Å². The minimum atomic E-state index is -0.632. The molecule has 0 saturated carbocycles. The molecule has 1 aromatic carbocycles. The lowest BCUT2D eigenvalue weighted by molar-refractivity contribution is -0.135. The number of ether oxygens (including phenoxy) is 2. The molecule has 0 aliphatic carbocycles. The summed E-state index contributed by atoms with van der Waals surface area (Å²) in [6.07, 6.45) is 1.27. The van der Waals surface area contributed by atoms with E-state index in [0.717, 1.165) is 5.75 Å². The molecular weight excluding hydrogens is 234 g/mol. The highest BCUT2D eigenvalue weighted by molar-refractivity contribution is 6.10. The number of hydrogen-bond acceptors (Lipinski definition) is 5. The summed E-state index contributed by atoms with van der Waals surface area (Å²) in [5.41, 5.74) is 0.659. The standard InChI is InChI=1S/C13H15NO4/c1-9(15)12(13(16)18-3)8-14-10-4-6-11(17-2)7-5-10/h4-8,15H,1-3H3/b12-9-,14-8?. The number of aliphatic hydroxyl groups excluding tert-OH is 1. The first-order valence-electron chi connectivity index (χ1n) is 5.24. The largest absolute Gasteiger partial charge is 0.512 e. The Balaban J connectivity index is 2.90. The molecule has 0 unspecified atom stereocenters. The Labute approximate surface area is 105 Å². The van der Waals surface area contributed by atoms with Crippen molar-refractivity contribution in [2.24, 2.45) is 4.99 Å². The Bertz CT molecular complexity index is 470. The quantitative estimate of drug-likeness (QED) is 0.385. The van der Waals surface area contributed by atoms with Crippen molar-refractivity contribution in [2.45, 2.75) is 6.92 Å². The Hall–Kier alpha value is -2.30. The molecule has 1 rings (SSSR count). The Morgan fingerprint density at radius 2 is 1.89 bits per heavy atom. The number of methoxy groups -OCH3 is 2. The van der Waals surface area contributed by atoms with Gasteiger partial charge in [-0.2, -0.15) is 0 Å². The lowest BCUT2D eigenvalue weighted by atomic mass is 10.2. The van der Waals surface area contributed by atoms with Crippen LogP contribution in [0.5, 0.6) is 5.75 Å². The van der Waals surface area contributed by atoms with E-state index in [4.69, 9.17) is 4.74 Å². The van der Waals surface area contributed by atoms with E-state index < -0.39 is 5.97 Å². The number of benzene rings is 1. The summed E-state index contributed by atoms with van der Waals surface area (Å²) in [6.45, 7) is 1.40. The Kier molecular flexibility index (Phi) is 4.92. The number of aliphatic imine (C=N–C) groups is 1. The maximum atomic E-state index is 11.3. The zero-order valence-corrected chi connectivity index (χ0v) is 10.5. The monoisotopic (exact) mass is 249 g/mol. The van der Waals surface area contributed by atoms with Crippen LogP contribution in [0.3, 0.4) is 0 Å². The predicted molar refractivity (Wildman–Crippen MR) is 68.5 cm³/mol. The molecule has 18 heavy (non-hydrogen) atoms. The molecule has 0 radical (unpaired) electrons. The summed E-state index contributed by atoms with van der Waals surface area (Å²) in [5.74, 6) is -0.0533. The van der Waals surface area contributed by atoms with Gasteiger partial charge in [0.05, 0.1) is 19.9 Å². The average molecular weight is 249 g/mol. The highest BCUT2D eigenvalue weighted by atomic mass is 16.5.